The average molecular weight is 485 g/mol. The van der Waals surface area contributed by atoms with Crippen LogP contribution in [-0.4, -0.2) is 58.6 Å². The number of nitrogens with zero attached hydrogens (tertiary/aromatic N) is 4. The number of esters is 2. The third-order valence-corrected chi connectivity index (χ3v) is 6.72. The average Bonchev–Trinajstić information content (AvgIpc) is 3.23. The molecule has 0 radical (unpaired) electrons. The Labute approximate surface area is 207 Å². The monoisotopic (exact) mass is 484 g/mol. The van der Waals surface area contributed by atoms with E-state index >= 15 is 0 Å². The molecule has 4 aliphatic rings. The molecule has 3 aromatic rings. The van der Waals surface area contributed by atoms with Crippen molar-refractivity contribution in [1.82, 2.24) is 15.1 Å². The van der Waals surface area contributed by atoms with Crippen LogP contribution in [0.2, 0.25) is 0 Å². The summed E-state index contributed by atoms with van der Waals surface area (Å²) in [6.45, 7) is 1.31. The van der Waals surface area contributed by atoms with E-state index in [0.29, 0.717) is 25.0 Å². The largest absolute Gasteiger partial charge is 0.403 e. The lowest BCUT2D eigenvalue weighted by atomic mass is 10.1. The molecule has 0 saturated carbocycles. The van der Waals surface area contributed by atoms with Gasteiger partial charge in [-0.15, -0.1) is 5.10 Å². The summed E-state index contributed by atoms with van der Waals surface area (Å²) in [6.07, 6.45) is 7.84. The number of hydrogen-bond acceptors (Lipinski definition) is 9. The van der Waals surface area contributed by atoms with E-state index in [2.05, 4.69) is 28.4 Å². The van der Waals surface area contributed by atoms with E-state index in [-0.39, 0.29) is 12.6 Å². The van der Waals surface area contributed by atoms with E-state index < -0.39 is 17.8 Å². The first-order valence-corrected chi connectivity index (χ1v) is 11.9. The van der Waals surface area contributed by atoms with Gasteiger partial charge >= 0.3 is 23.9 Å². The number of rotatable bonds is 4. The second-order valence-electron chi connectivity index (χ2n) is 8.99. The van der Waals surface area contributed by atoms with Gasteiger partial charge in [-0.05, 0) is 36.1 Å². The summed E-state index contributed by atoms with van der Waals surface area (Å²) in [6, 6.07) is 18.3. The minimum atomic E-state index is -1.54. The van der Waals surface area contributed by atoms with Crippen molar-refractivity contribution < 1.29 is 23.5 Å². The van der Waals surface area contributed by atoms with Crippen LogP contribution in [-0.2, 0) is 19.1 Å². The normalized spacial score (nSPS) is 22.9. The predicted molar refractivity (Wildman–Crippen MR) is 131 cm³/mol. The molecule has 5 heterocycles. The molecule has 0 N–H and O–H groups in total. The molecule has 0 unspecified atom stereocenters. The van der Waals surface area contributed by atoms with Crippen molar-refractivity contribution in [2.75, 3.05) is 24.5 Å². The van der Waals surface area contributed by atoms with Crippen molar-refractivity contribution in [2.45, 2.75) is 24.8 Å². The number of carbonyl (C=O) groups excluding carboxylic acids is 2. The molecular weight excluding hydrogens is 460 g/mol. The molecular formula is C27H24N4O5. The number of anilines is 1. The highest BCUT2D eigenvalue weighted by Crippen LogP contribution is 2.37. The highest BCUT2D eigenvalue weighted by Gasteiger charge is 2.53. The van der Waals surface area contributed by atoms with Gasteiger partial charge in [0.2, 0.25) is 5.89 Å². The maximum Gasteiger partial charge on any atom is 0.339 e. The molecule has 1 aromatic heterocycles. The molecule has 36 heavy (non-hydrogen) atoms. The van der Waals surface area contributed by atoms with Crippen LogP contribution in [0.1, 0.15) is 24.0 Å². The van der Waals surface area contributed by atoms with Crippen molar-refractivity contribution in [2.24, 2.45) is 0 Å². The Hall–Kier alpha value is -4.24. The summed E-state index contributed by atoms with van der Waals surface area (Å²) in [4.78, 5) is 28.3. The van der Waals surface area contributed by atoms with Gasteiger partial charge in [0.05, 0.1) is 0 Å². The van der Waals surface area contributed by atoms with Crippen LogP contribution < -0.4 is 4.90 Å². The molecule has 1 spiro atoms. The fourth-order valence-corrected chi connectivity index (χ4v) is 4.86. The SMILES string of the molecule is O=C1C=CC(=O)OC2(CN(c3nnc(-c4ccc(/C=C\c5ccccc5)cc4)o3)C3CCN2CC3)O1. The van der Waals surface area contributed by atoms with E-state index in [1.54, 1.807) is 0 Å². The first-order chi connectivity index (χ1) is 17.6. The van der Waals surface area contributed by atoms with Crippen molar-refractivity contribution in [3.8, 4) is 11.5 Å². The number of fused-ring (bicyclic) bond motifs is 3. The molecule has 0 amide bonds. The van der Waals surface area contributed by atoms with Crippen LogP contribution in [0.4, 0.5) is 6.01 Å². The highest BCUT2D eigenvalue weighted by atomic mass is 16.8. The Bertz CT molecular complexity index is 1300. The highest BCUT2D eigenvalue weighted by molar-refractivity contribution is 5.93. The Morgan fingerprint density at radius 3 is 2.14 bits per heavy atom. The topological polar surface area (TPSA) is 98.0 Å². The lowest BCUT2D eigenvalue weighted by Gasteiger charge is -2.39. The van der Waals surface area contributed by atoms with Crippen LogP contribution >= 0.6 is 0 Å². The van der Waals surface area contributed by atoms with Gasteiger partial charge in [0.25, 0.3) is 0 Å². The molecule has 2 aromatic carbocycles. The first-order valence-electron chi connectivity index (χ1n) is 11.9. The first kappa shape index (κ1) is 22.2. The molecule has 3 saturated heterocycles. The zero-order valence-corrected chi connectivity index (χ0v) is 19.4. The number of hydrogen-bond donors (Lipinski definition) is 0. The van der Waals surface area contributed by atoms with Crippen molar-refractivity contribution in [1.29, 1.82) is 0 Å². The molecule has 4 aliphatic heterocycles. The van der Waals surface area contributed by atoms with Gasteiger partial charge in [-0.2, -0.15) is 0 Å². The van der Waals surface area contributed by atoms with E-state index in [4.69, 9.17) is 13.9 Å². The summed E-state index contributed by atoms with van der Waals surface area (Å²) < 4.78 is 17.4. The van der Waals surface area contributed by atoms with Crippen LogP contribution in [0.15, 0.2) is 71.2 Å². The molecule has 0 aliphatic carbocycles. The Morgan fingerprint density at radius 2 is 1.47 bits per heavy atom. The molecule has 7 rings (SSSR count). The number of carbonyl (C=O) groups is 2. The maximum absolute atomic E-state index is 12.2. The minimum Gasteiger partial charge on any atom is -0.403 e. The van der Waals surface area contributed by atoms with Crippen LogP contribution in [0.3, 0.4) is 0 Å². The van der Waals surface area contributed by atoms with Crippen LogP contribution in [0.25, 0.3) is 23.6 Å². The number of piperidine rings is 1. The van der Waals surface area contributed by atoms with Crippen LogP contribution in [0, 0.1) is 0 Å². The Balaban J connectivity index is 1.24. The minimum absolute atomic E-state index is 0.0850. The van der Waals surface area contributed by atoms with Gasteiger partial charge in [-0.3, -0.25) is 0 Å². The lowest BCUT2D eigenvalue weighted by Crippen LogP contribution is -2.58. The Kier molecular flexibility index (Phi) is 5.61. The van der Waals surface area contributed by atoms with E-state index in [1.807, 2.05) is 58.3 Å². The quantitative estimate of drug-likeness (QED) is 0.407. The van der Waals surface area contributed by atoms with Crippen molar-refractivity contribution in [3.05, 3.63) is 77.9 Å². The molecule has 0 atom stereocenters. The summed E-state index contributed by atoms with van der Waals surface area (Å²) >= 11 is 0. The van der Waals surface area contributed by atoms with E-state index in [1.165, 1.54) is 0 Å². The molecule has 2 bridgehead atoms. The molecule has 9 heteroatoms. The smallest absolute Gasteiger partial charge is 0.339 e. The van der Waals surface area contributed by atoms with Gasteiger partial charge in [0, 0.05) is 36.8 Å². The number of aromatic nitrogens is 2. The fraction of sp³-hybridized carbons (Fsp3) is 0.259. The zero-order chi connectivity index (χ0) is 24.5. The molecule has 182 valence electrons. The third kappa shape index (κ3) is 4.29. The second-order valence-corrected chi connectivity index (χ2v) is 8.99. The van der Waals surface area contributed by atoms with Gasteiger partial charge in [-0.1, -0.05) is 59.7 Å². The summed E-state index contributed by atoms with van der Waals surface area (Å²) in [5, 5.41) is 8.55. The fourth-order valence-electron chi connectivity index (χ4n) is 4.86. The predicted octanol–water partition coefficient (Wildman–Crippen LogP) is 3.50. The second kappa shape index (κ2) is 9.09. The summed E-state index contributed by atoms with van der Waals surface area (Å²) in [5.41, 5.74) is 2.97. The standard InChI is InChI=1S/C27H24N4O5/c32-23-12-13-24(33)36-27(35-23)18-31(22-14-16-30(27)17-15-22)26-29-28-25(34-26)21-10-8-20(9-11-21)7-6-19-4-2-1-3-5-19/h1-13,22H,14-18H2/b7-6-. The van der Waals surface area contributed by atoms with Crippen molar-refractivity contribution in [3.63, 3.8) is 0 Å². The maximum atomic E-state index is 12.2. The number of benzene rings is 2. The zero-order valence-electron chi connectivity index (χ0n) is 19.4. The van der Waals surface area contributed by atoms with Gasteiger partial charge in [0.1, 0.15) is 6.54 Å². The lowest BCUT2D eigenvalue weighted by molar-refractivity contribution is -0.274. The molecule has 3 fully saturated rings. The third-order valence-electron chi connectivity index (χ3n) is 6.72. The van der Waals surface area contributed by atoms with Gasteiger partial charge < -0.3 is 18.8 Å². The molecule has 9 nitrogen and oxygen atoms in total. The van der Waals surface area contributed by atoms with Gasteiger partial charge in [0.15, 0.2) is 0 Å². The number of ether oxygens (including phenoxy) is 2. The summed E-state index contributed by atoms with van der Waals surface area (Å²) in [5.74, 6) is -2.41. The summed E-state index contributed by atoms with van der Waals surface area (Å²) in [7, 11) is 0. The Morgan fingerprint density at radius 1 is 0.833 bits per heavy atom. The van der Waals surface area contributed by atoms with E-state index in [9.17, 15) is 9.59 Å². The van der Waals surface area contributed by atoms with Gasteiger partial charge in [-0.25, -0.2) is 14.5 Å². The van der Waals surface area contributed by atoms with Crippen molar-refractivity contribution >= 4 is 30.1 Å². The van der Waals surface area contributed by atoms with Crippen LogP contribution in [0.5, 0.6) is 0 Å². The van der Waals surface area contributed by atoms with E-state index in [0.717, 1.165) is 41.7 Å².